The van der Waals surface area contributed by atoms with Crippen molar-refractivity contribution in [1.82, 2.24) is 15.3 Å². The molecule has 1 aromatic rings. The van der Waals surface area contributed by atoms with Crippen LogP contribution in [0.1, 0.15) is 19.8 Å². The highest BCUT2D eigenvalue weighted by atomic mass is 16.5. The standard InChI is InChI=1S/C11H16N4O2/c1-2-17-9-5-7-13-11(15-9)14-8-4-3-6-12-10(8)16/h5,7-8H,2-4,6H2,1H3,(H,12,16)(H,13,14,15). The van der Waals surface area contributed by atoms with E-state index in [0.717, 1.165) is 19.4 Å². The zero-order chi connectivity index (χ0) is 12.1. The van der Waals surface area contributed by atoms with E-state index in [0.29, 0.717) is 18.4 Å². The predicted molar refractivity (Wildman–Crippen MR) is 62.9 cm³/mol. The fourth-order valence-electron chi connectivity index (χ4n) is 1.71. The molecule has 2 rings (SSSR count). The number of piperidine rings is 1. The number of nitrogens with zero attached hydrogens (tertiary/aromatic N) is 2. The number of carbonyl (C=O) groups excluding carboxylic acids is 1. The average Bonchev–Trinajstić information content (AvgIpc) is 2.33. The Morgan fingerprint density at radius 1 is 1.65 bits per heavy atom. The van der Waals surface area contributed by atoms with E-state index in [1.54, 1.807) is 12.3 Å². The van der Waals surface area contributed by atoms with Crippen molar-refractivity contribution in [1.29, 1.82) is 0 Å². The molecular weight excluding hydrogens is 220 g/mol. The molecule has 2 N–H and O–H groups in total. The van der Waals surface area contributed by atoms with Gasteiger partial charge in [0.2, 0.25) is 17.7 Å². The third-order valence-corrected chi connectivity index (χ3v) is 2.51. The fourth-order valence-corrected chi connectivity index (χ4v) is 1.71. The van der Waals surface area contributed by atoms with E-state index in [-0.39, 0.29) is 11.9 Å². The van der Waals surface area contributed by atoms with Gasteiger partial charge < -0.3 is 15.4 Å². The van der Waals surface area contributed by atoms with Crippen molar-refractivity contribution < 1.29 is 9.53 Å². The number of anilines is 1. The molecule has 6 nitrogen and oxygen atoms in total. The number of aromatic nitrogens is 2. The zero-order valence-electron chi connectivity index (χ0n) is 9.77. The van der Waals surface area contributed by atoms with Crippen molar-refractivity contribution >= 4 is 11.9 Å². The largest absolute Gasteiger partial charge is 0.478 e. The molecule has 2 heterocycles. The van der Waals surface area contributed by atoms with Crippen LogP contribution in [0.2, 0.25) is 0 Å². The van der Waals surface area contributed by atoms with Crippen molar-refractivity contribution in [2.45, 2.75) is 25.8 Å². The number of ether oxygens (including phenoxy) is 1. The number of nitrogens with one attached hydrogen (secondary N) is 2. The normalized spacial score (nSPS) is 19.6. The quantitative estimate of drug-likeness (QED) is 0.799. The summed E-state index contributed by atoms with van der Waals surface area (Å²) in [5.74, 6) is 0.945. The molecule has 1 aliphatic heterocycles. The van der Waals surface area contributed by atoms with E-state index in [1.165, 1.54) is 0 Å². The topological polar surface area (TPSA) is 76.1 Å². The van der Waals surface area contributed by atoms with E-state index in [2.05, 4.69) is 20.6 Å². The Morgan fingerprint density at radius 3 is 3.29 bits per heavy atom. The lowest BCUT2D eigenvalue weighted by Crippen LogP contribution is -2.44. The number of carbonyl (C=O) groups is 1. The second-order valence-corrected chi connectivity index (χ2v) is 3.78. The summed E-state index contributed by atoms with van der Waals surface area (Å²) in [4.78, 5) is 19.8. The Bertz CT molecular complexity index is 397. The maximum Gasteiger partial charge on any atom is 0.242 e. The van der Waals surface area contributed by atoms with Gasteiger partial charge in [0.1, 0.15) is 6.04 Å². The van der Waals surface area contributed by atoms with Crippen molar-refractivity contribution in [3.05, 3.63) is 12.3 Å². The molecule has 6 heteroatoms. The van der Waals surface area contributed by atoms with Crippen LogP contribution in [0.3, 0.4) is 0 Å². The molecule has 92 valence electrons. The SMILES string of the molecule is CCOc1ccnc(NC2CCCNC2=O)n1. The molecule has 1 unspecified atom stereocenters. The third-order valence-electron chi connectivity index (χ3n) is 2.51. The lowest BCUT2D eigenvalue weighted by atomic mass is 10.1. The van der Waals surface area contributed by atoms with Gasteiger partial charge in [-0.15, -0.1) is 0 Å². The van der Waals surface area contributed by atoms with Crippen molar-refractivity contribution in [2.75, 3.05) is 18.5 Å². The second kappa shape index (κ2) is 5.47. The molecule has 0 aromatic carbocycles. The van der Waals surface area contributed by atoms with Gasteiger partial charge in [-0.25, -0.2) is 4.98 Å². The van der Waals surface area contributed by atoms with Gasteiger partial charge in [0.25, 0.3) is 0 Å². The van der Waals surface area contributed by atoms with E-state index in [9.17, 15) is 4.79 Å². The summed E-state index contributed by atoms with van der Waals surface area (Å²) < 4.78 is 5.27. The summed E-state index contributed by atoms with van der Waals surface area (Å²) in [6.45, 7) is 3.20. The number of rotatable bonds is 4. The van der Waals surface area contributed by atoms with Crippen LogP contribution in [0, 0.1) is 0 Å². The average molecular weight is 236 g/mol. The molecule has 0 spiro atoms. The Balaban J connectivity index is 2.01. The van der Waals surface area contributed by atoms with Crippen molar-refractivity contribution in [2.24, 2.45) is 0 Å². The van der Waals surface area contributed by atoms with Crippen LogP contribution in [0.5, 0.6) is 5.88 Å². The highest BCUT2D eigenvalue weighted by Crippen LogP contribution is 2.12. The van der Waals surface area contributed by atoms with Crippen LogP contribution in [0.4, 0.5) is 5.95 Å². The van der Waals surface area contributed by atoms with Gasteiger partial charge in [-0.1, -0.05) is 0 Å². The van der Waals surface area contributed by atoms with Crippen LogP contribution >= 0.6 is 0 Å². The Labute approximate surface area is 99.8 Å². The Morgan fingerprint density at radius 2 is 2.53 bits per heavy atom. The second-order valence-electron chi connectivity index (χ2n) is 3.78. The number of hydrogen-bond acceptors (Lipinski definition) is 5. The van der Waals surface area contributed by atoms with Crippen LogP contribution in [0.25, 0.3) is 0 Å². The van der Waals surface area contributed by atoms with Gasteiger partial charge >= 0.3 is 0 Å². The molecule has 1 atom stereocenters. The van der Waals surface area contributed by atoms with Gasteiger partial charge in [-0.3, -0.25) is 4.79 Å². The van der Waals surface area contributed by atoms with Crippen molar-refractivity contribution in [3.63, 3.8) is 0 Å². The van der Waals surface area contributed by atoms with Gasteiger partial charge in [-0.2, -0.15) is 4.98 Å². The van der Waals surface area contributed by atoms with Crippen LogP contribution < -0.4 is 15.4 Å². The van der Waals surface area contributed by atoms with Gasteiger partial charge in [0.05, 0.1) is 6.61 Å². The molecule has 0 aliphatic carbocycles. The summed E-state index contributed by atoms with van der Waals surface area (Å²) in [7, 11) is 0. The molecule has 1 aliphatic rings. The molecule has 1 amide bonds. The summed E-state index contributed by atoms with van der Waals surface area (Å²) >= 11 is 0. The first-order valence-corrected chi connectivity index (χ1v) is 5.79. The molecule has 1 fully saturated rings. The van der Waals surface area contributed by atoms with Gasteiger partial charge in [0, 0.05) is 18.8 Å². The molecular formula is C11H16N4O2. The summed E-state index contributed by atoms with van der Waals surface area (Å²) in [6, 6.07) is 1.44. The first-order chi connectivity index (χ1) is 8.29. The lowest BCUT2D eigenvalue weighted by Gasteiger charge is -2.22. The third kappa shape index (κ3) is 3.05. The van der Waals surface area contributed by atoms with E-state index in [4.69, 9.17) is 4.74 Å². The summed E-state index contributed by atoms with van der Waals surface area (Å²) in [5.41, 5.74) is 0. The van der Waals surface area contributed by atoms with E-state index >= 15 is 0 Å². The highest BCUT2D eigenvalue weighted by molar-refractivity contribution is 5.84. The monoisotopic (exact) mass is 236 g/mol. The molecule has 17 heavy (non-hydrogen) atoms. The van der Waals surface area contributed by atoms with Crippen LogP contribution in [-0.4, -0.2) is 35.1 Å². The number of amides is 1. The smallest absolute Gasteiger partial charge is 0.242 e. The molecule has 0 bridgehead atoms. The Hall–Kier alpha value is -1.85. The number of hydrogen-bond donors (Lipinski definition) is 2. The summed E-state index contributed by atoms with van der Waals surface area (Å²) in [6.07, 6.45) is 3.38. The molecule has 1 saturated heterocycles. The van der Waals surface area contributed by atoms with Gasteiger partial charge in [0.15, 0.2) is 0 Å². The first kappa shape index (κ1) is 11.6. The Kier molecular flexibility index (Phi) is 3.74. The maximum absolute atomic E-state index is 11.5. The summed E-state index contributed by atoms with van der Waals surface area (Å²) in [5, 5.41) is 5.82. The highest BCUT2D eigenvalue weighted by Gasteiger charge is 2.22. The minimum Gasteiger partial charge on any atom is -0.478 e. The van der Waals surface area contributed by atoms with E-state index < -0.39 is 0 Å². The minimum atomic E-state index is -0.249. The van der Waals surface area contributed by atoms with Crippen LogP contribution in [-0.2, 0) is 4.79 Å². The maximum atomic E-state index is 11.5. The van der Waals surface area contributed by atoms with Crippen LogP contribution in [0.15, 0.2) is 12.3 Å². The molecule has 0 radical (unpaired) electrons. The molecule has 1 aromatic heterocycles. The van der Waals surface area contributed by atoms with Gasteiger partial charge in [-0.05, 0) is 19.8 Å². The molecule has 0 saturated carbocycles. The first-order valence-electron chi connectivity index (χ1n) is 5.79. The van der Waals surface area contributed by atoms with E-state index in [1.807, 2.05) is 6.92 Å². The minimum absolute atomic E-state index is 0.00154. The lowest BCUT2D eigenvalue weighted by molar-refractivity contribution is -0.123. The zero-order valence-corrected chi connectivity index (χ0v) is 9.77. The van der Waals surface area contributed by atoms with Crippen molar-refractivity contribution in [3.8, 4) is 5.88 Å². The predicted octanol–water partition coefficient (Wildman–Crippen LogP) is 0.566. The fraction of sp³-hybridized carbons (Fsp3) is 0.545.